The zero-order valence-corrected chi connectivity index (χ0v) is 12.7. The van der Waals surface area contributed by atoms with Crippen LogP contribution >= 0.6 is 0 Å². The predicted molar refractivity (Wildman–Crippen MR) is 87.7 cm³/mol. The molecular formula is C20H15FO3. The van der Waals surface area contributed by atoms with E-state index < -0.39 is 18.0 Å². The van der Waals surface area contributed by atoms with E-state index >= 15 is 0 Å². The molecule has 3 aromatic carbocycles. The third-order valence-electron chi connectivity index (χ3n) is 4.03. The summed E-state index contributed by atoms with van der Waals surface area (Å²) < 4.78 is 26.1. The van der Waals surface area contributed by atoms with Gasteiger partial charge in [-0.1, -0.05) is 48.5 Å². The zero-order chi connectivity index (χ0) is 16.5. The van der Waals surface area contributed by atoms with Crippen molar-refractivity contribution >= 4 is 0 Å². The maximum atomic E-state index is 14.1. The van der Waals surface area contributed by atoms with E-state index in [1.165, 1.54) is 6.07 Å². The highest BCUT2D eigenvalue weighted by molar-refractivity contribution is 5.45. The van der Waals surface area contributed by atoms with E-state index in [-0.39, 0.29) is 11.5 Å². The van der Waals surface area contributed by atoms with Crippen LogP contribution in [0.3, 0.4) is 0 Å². The molecule has 0 aliphatic carbocycles. The molecule has 3 nitrogen and oxygen atoms in total. The van der Waals surface area contributed by atoms with Crippen LogP contribution in [-0.2, 0) is 0 Å². The number of fused-ring (bicyclic) bond motifs is 1. The number of benzene rings is 3. The molecular weight excluding hydrogens is 307 g/mol. The first-order valence-corrected chi connectivity index (χ1v) is 7.68. The second kappa shape index (κ2) is 5.89. The van der Waals surface area contributed by atoms with Crippen LogP contribution in [0.15, 0.2) is 72.8 Å². The lowest BCUT2D eigenvalue weighted by atomic mass is 9.96. The van der Waals surface area contributed by atoms with Gasteiger partial charge in [-0.2, -0.15) is 0 Å². The van der Waals surface area contributed by atoms with E-state index in [1.807, 2.05) is 36.4 Å². The van der Waals surface area contributed by atoms with Crippen LogP contribution in [0.1, 0.15) is 23.3 Å². The van der Waals surface area contributed by atoms with E-state index in [2.05, 4.69) is 0 Å². The van der Waals surface area contributed by atoms with Crippen molar-refractivity contribution in [3.8, 4) is 17.2 Å². The van der Waals surface area contributed by atoms with Gasteiger partial charge >= 0.3 is 0 Å². The lowest BCUT2D eigenvalue weighted by Crippen LogP contribution is -2.27. The van der Waals surface area contributed by atoms with Crippen molar-refractivity contribution in [1.29, 1.82) is 0 Å². The minimum Gasteiger partial charge on any atom is -0.508 e. The van der Waals surface area contributed by atoms with Gasteiger partial charge in [0.15, 0.2) is 29.5 Å². The molecule has 0 saturated heterocycles. The molecule has 0 bridgehead atoms. The molecule has 1 N–H and O–H groups in total. The van der Waals surface area contributed by atoms with Crippen molar-refractivity contribution in [3.05, 3.63) is 89.7 Å². The lowest BCUT2D eigenvalue weighted by Gasteiger charge is -2.34. The van der Waals surface area contributed by atoms with Crippen molar-refractivity contribution < 1.29 is 19.0 Å². The number of phenolic OH excluding ortho intramolecular Hbond substituents is 1. The molecule has 0 radical (unpaired) electrons. The van der Waals surface area contributed by atoms with Gasteiger partial charge in [-0.05, 0) is 29.8 Å². The number of aromatic hydroxyl groups is 1. The van der Waals surface area contributed by atoms with Crippen molar-refractivity contribution in [2.75, 3.05) is 0 Å². The molecule has 0 saturated carbocycles. The third kappa shape index (κ3) is 2.56. The number of rotatable bonds is 2. The number of halogens is 1. The van der Waals surface area contributed by atoms with Gasteiger partial charge in [0.1, 0.15) is 5.75 Å². The average molecular weight is 322 g/mol. The Kier molecular flexibility index (Phi) is 3.58. The Morgan fingerprint density at radius 2 is 1.46 bits per heavy atom. The van der Waals surface area contributed by atoms with Crippen LogP contribution in [0.4, 0.5) is 4.39 Å². The van der Waals surface area contributed by atoms with Crippen molar-refractivity contribution in [3.63, 3.8) is 0 Å². The summed E-state index contributed by atoms with van der Waals surface area (Å²) in [7, 11) is 0. The first kappa shape index (κ1) is 14.6. The molecule has 0 aromatic heterocycles. The fraction of sp³-hybridized carbons (Fsp3) is 0.100. The van der Waals surface area contributed by atoms with E-state index in [1.54, 1.807) is 30.3 Å². The Hall–Kier alpha value is -3.01. The molecule has 120 valence electrons. The molecule has 4 heteroatoms. The number of phenols is 1. The SMILES string of the molecule is Oc1cccc([C@H]2Oc3c(F)cccc3O[C@H]2c2ccccc2)c1. The average Bonchev–Trinajstić information content (AvgIpc) is 2.62. The number of ether oxygens (including phenoxy) is 2. The fourth-order valence-electron chi connectivity index (χ4n) is 2.91. The van der Waals surface area contributed by atoms with Crippen LogP contribution in [0.5, 0.6) is 17.2 Å². The Morgan fingerprint density at radius 3 is 2.25 bits per heavy atom. The van der Waals surface area contributed by atoms with Crippen LogP contribution in [0, 0.1) is 5.82 Å². The van der Waals surface area contributed by atoms with Gasteiger partial charge in [0.05, 0.1) is 0 Å². The van der Waals surface area contributed by atoms with Crippen LogP contribution in [0.2, 0.25) is 0 Å². The quantitative estimate of drug-likeness (QED) is 0.737. The molecule has 0 fully saturated rings. The van der Waals surface area contributed by atoms with Gasteiger partial charge in [0, 0.05) is 5.56 Å². The van der Waals surface area contributed by atoms with Gasteiger partial charge in [-0.3, -0.25) is 0 Å². The zero-order valence-electron chi connectivity index (χ0n) is 12.7. The van der Waals surface area contributed by atoms with E-state index in [0.717, 1.165) is 11.1 Å². The monoisotopic (exact) mass is 322 g/mol. The fourth-order valence-corrected chi connectivity index (χ4v) is 2.91. The molecule has 4 rings (SSSR count). The van der Waals surface area contributed by atoms with Crippen molar-refractivity contribution in [1.82, 2.24) is 0 Å². The first-order chi connectivity index (χ1) is 11.7. The first-order valence-electron chi connectivity index (χ1n) is 7.68. The molecule has 2 atom stereocenters. The highest BCUT2D eigenvalue weighted by atomic mass is 19.1. The number of para-hydroxylation sites is 1. The minimum atomic E-state index is -0.566. The number of hydrogen-bond acceptors (Lipinski definition) is 3. The molecule has 0 amide bonds. The Bertz CT molecular complexity index is 864. The van der Waals surface area contributed by atoms with E-state index in [4.69, 9.17) is 9.47 Å². The van der Waals surface area contributed by atoms with Crippen molar-refractivity contribution in [2.45, 2.75) is 12.2 Å². The van der Waals surface area contributed by atoms with Crippen molar-refractivity contribution in [2.24, 2.45) is 0 Å². The minimum absolute atomic E-state index is 0.0954. The summed E-state index contributed by atoms with van der Waals surface area (Å²) in [6.07, 6.45) is -1.01. The summed E-state index contributed by atoms with van der Waals surface area (Å²) in [6, 6.07) is 21.0. The molecule has 1 aliphatic rings. The van der Waals surface area contributed by atoms with E-state index in [9.17, 15) is 9.50 Å². The molecule has 1 aliphatic heterocycles. The summed E-state index contributed by atoms with van der Waals surface area (Å²) in [4.78, 5) is 0. The Morgan fingerprint density at radius 1 is 0.750 bits per heavy atom. The molecule has 1 heterocycles. The van der Waals surface area contributed by atoms with Gasteiger partial charge < -0.3 is 14.6 Å². The lowest BCUT2D eigenvalue weighted by molar-refractivity contribution is 0.0146. The van der Waals surface area contributed by atoms with Gasteiger partial charge in [-0.15, -0.1) is 0 Å². The Labute approximate surface area is 138 Å². The second-order valence-electron chi connectivity index (χ2n) is 5.65. The third-order valence-corrected chi connectivity index (χ3v) is 4.03. The van der Waals surface area contributed by atoms with Crippen LogP contribution in [0.25, 0.3) is 0 Å². The molecule has 3 aromatic rings. The molecule has 24 heavy (non-hydrogen) atoms. The molecule has 0 spiro atoms. The van der Waals surface area contributed by atoms with Gasteiger partial charge in [-0.25, -0.2) is 4.39 Å². The maximum Gasteiger partial charge on any atom is 0.197 e. The largest absolute Gasteiger partial charge is 0.508 e. The van der Waals surface area contributed by atoms with Gasteiger partial charge in [0.2, 0.25) is 0 Å². The summed E-state index contributed by atoms with van der Waals surface area (Å²) in [6.45, 7) is 0. The highest BCUT2D eigenvalue weighted by Gasteiger charge is 2.35. The number of hydrogen-bond donors (Lipinski definition) is 1. The standard InChI is InChI=1S/C20H15FO3/c21-16-10-5-11-17-20(16)24-19(14-8-4-9-15(22)12-14)18(23-17)13-6-2-1-3-7-13/h1-12,18-19,22H/t18-,19+/m0/s1. The van der Waals surface area contributed by atoms with Crippen LogP contribution in [-0.4, -0.2) is 5.11 Å². The maximum absolute atomic E-state index is 14.1. The highest BCUT2D eigenvalue weighted by Crippen LogP contribution is 2.46. The summed E-state index contributed by atoms with van der Waals surface area (Å²) in [5, 5.41) is 9.78. The van der Waals surface area contributed by atoms with E-state index in [0.29, 0.717) is 5.75 Å². The summed E-state index contributed by atoms with van der Waals surface area (Å²) in [5.41, 5.74) is 1.64. The topological polar surface area (TPSA) is 38.7 Å². The summed E-state index contributed by atoms with van der Waals surface area (Å²) >= 11 is 0. The smallest absolute Gasteiger partial charge is 0.197 e. The van der Waals surface area contributed by atoms with Gasteiger partial charge in [0.25, 0.3) is 0 Å². The Balaban J connectivity index is 1.83. The van der Waals surface area contributed by atoms with Crippen LogP contribution < -0.4 is 9.47 Å². The molecule has 0 unspecified atom stereocenters. The predicted octanol–water partition coefficient (Wildman–Crippen LogP) is 4.79. The summed E-state index contributed by atoms with van der Waals surface area (Å²) in [5.74, 6) is 0.129. The second-order valence-corrected chi connectivity index (χ2v) is 5.65. The normalized spacial score (nSPS) is 19.0.